The number of hydrogen-bond acceptors (Lipinski definition) is 3. The van der Waals surface area contributed by atoms with Crippen molar-refractivity contribution in [2.45, 2.75) is 59.7 Å². The SMILES string of the molecule is CCCN(c1ncccc1CNC(C)C)C(C)C. The summed E-state index contributed by atoms with van der Waals surface area (Å²) in [5, 5.41) is 3.47. The first-order valence-corrected chi connectivity index (χ1v) is 7.00. The molecule has 1 aromatic heterocycles. The van der Waals surface area contributed by atoms with E-state index in [1.54, 1.807) is 0 Å². The molecule has 1 N–H and O–H groups in total. The topological polar surface area (TPSA) is 28.2 Å². The van der Waals surface area contributed by atoms with E-state index < -0.39 is 0 Å². The Balaban J connectivity index is 2.91. The van der Waals surface area contributed by atoms with E-state index in [9.17, 15) is 0 Å². The first kappa shape index (κ1) is 15.0. The molecule has 0 aliphatic rings. The van der Waals surface area contributed by atoms with Crippen molar-refractivity contribution < 1.29 is 0 Å². The van der Waals surface area contributed by atoms with Gasteiger partial charge >= 0.3 is 0 Å². The van der Waals surface area contributed by atoms with Crippen LogP contribution >= 0.6 is 0 Å². The van der Waals surface area contributed by atoms with E-state index in [-0.39, 0.29) is 0 Å². The second-order valence-corrected chi connectivity index (χ2v) is 5.31. The van der Waals surface area contributed by atoms with Crippen LogP contribution in [0.1, 0.15) is 46.6 Å². The van der Waals surface area contributed by atoms with Crippen LogP contribution in [0.2, 0.25) is 0 Å². The summed E-state index contributed by atoms with van der Waals surface area (Å²) in [5.74, 6) is 1.13. The monoisotopic (exact) mass is 249 g/mol. The number of anilines is 1. The minimum absolute atomic E-state index is 0.484. The van der Waals surface area contributed by atoms with E-state index in [0.717, 1.165) is 25.3 Å². The van der Waals surface area contributed by atoms with Gasteiger partial charge in [0.05, 0.1) is 0 Å². The highest BCUT2D eigenvalue weighted by Crippen LogP contribution is 2.20. The fraction of sp³-hybridized carbons (Fsp3) is 0.667. The summed E-state index contributed by atoms with van der Waals surface area (Å²) in [6, 6.07) is 5.17. The molecule has 0 atom stereocenters. The van der Waals surface area contributed by atoms with Crippen LogP contribution in [0.3, 0.4) is 0 Å². The molecule has 0 aromatic carbocycles. The zero-order valence-corrected chi connectivity index (χ0v) is 12.4. The van der Waals surface area contributed by atoms with Crippen molar-refractivity contribution in [2.24, 2.45) is 0 Å². The molecule has 0 amide bonds. The highest BCUT2D eigenvalue weighted by molar-refractivity contribution is 5.47. The molecule has 0 radical (unpaired) electrons. The minimum atomic E-state index is 0.484. The number of nitrogens with one attached hydrogen (secondary N) is 1. The highest BCUT2D eigenvalue weighted by atomic mass is 15.2. The van der Waals surface area contributed by atoms with Gasteiger partial charge in [0.15, 0.2) is 0 Å². The summed E-state index contributed by atoms with van der Waals surface area (Å²) in [7, 11) is 0. The first-order chi connectivity index (χ1) is 8.56. The third-order valence-corrected chi connectivity index (χ3v) is 2.93. The average molecular weight is 249 g/mol. The summed E-state index contributed by atoms with van der Waals surface area (Å²) >= 11 is 0. The lowest BCUT2D eigenvalue weighted by Crippen LogP contribution is -2.34. The van der Waals surface area contributed by atoms with Gasteiger partial charge in [-0.3, -0.25) is 0 Å². The van der Waals surface area contributed by atoms with E-state index in [2.05, 4.69) is 55.9 Å². The maximum Gasteiger partial charge on any atom is 0.133 e. The lowest BCUT2D eigenvalue weighted by Gasteiger charge is -2.29. The van der Waals surface area contributed by atoms with Crippen molar-refractivity contribution in [2.75, 3.05) is 11.4 Å². The molecule has 18 heavy (non-hydrogen) atoms. The van der Waals surface area contributed by atoms with Gasteiger partial charge in [-0.1, -0.05) is 26.8 Å². The standard InChI is InChI=1S/C15H27N3/c1-6-10-18(13(4)5)15-14(8-7-9-16-15)11-17-12(2)3/h7-9,12-13,17H,6,10-11H2,1-5H3. The third kappa shape index (κ3) is 4.30. The highest BCUT2D eigenvalue weighted by Gasteiger charge is 2.14. The van der Waals surface area contributed by atoms with E-state index >= 15 is 0 Å². The van der Waals surface area contributed by atoms with Crippen LogP contribution in [-0.2, 0) is 6.54 Å². The first-order valence-electron chi connectivity index (χ1n) is 7.00. The largest absolute Gasteiger partial charge is 0.354 e. The van der Waals surface area contributed by atoms with Gasteiger partial charge in [0.1, 0.15) is 5.82 Å². The molecule has 3 nitrogen and oxygen atoms in total. The van der Waals surface area contributed by atoms with Gasteiger partial charge in [0, 0.05) is 36.9 Å². The smallest absolute Gasteiger partial charge is 0.133 e. The molecule has 0 bridgehead atoms. The van der Waals surface area contributed by atoms with Crippen LogP contribution in [0.15, 0.2) is 18.3 Å². The molecule has 1 rings (SSSR count). The second kappa shape index (κ2) is 7.37. The van der Waals surface area contributed by atoms with Crippen LogP contribution in [0.5, 0.6) is 0 Å². The van der Waals surface area contributed by atoms with Crippen LogP contribution in [-0.4, -0.2) is 23.6 Å². The number of hydrogen-bond donors (Lipinski definition) is 1. The summed E-state index contributed by atoms with van der Waals surface area (Å²) in [6.45, 7) is 12.9. The van der Waals surface area contributed by atoms with Crippen molar-refractivity contribution in [1.82, 2.24) is 10.3 Å². The summed E-state index contributed by atoms with van der Waals surface area (Å²) in [4.78, 5) is 6.97. The van der Waals surface area contributed by atoms with E-state index in [1.807, 2.05) is 12.3 Å². The Hall–Kier alpha value is -1.09. The molecule has 0 saturated carbocycles. The fourth-order valence-electron chi connectivity index (χ4n) is 1.99. The zero-order valence-electron chi connectivity index (χ0n) is 12.4. The summed E-state index contributed by atoms with van der Waals surface area (Å²) in [5.41, 5.74) is 1.29. The van der Waals surface area contributed by atoms with E-state index in [4.69, 9.17) is 0 Å². The second-order valence-electron chi connectivity index (χ2n) is 5.31. The van der Waals surface area contributed by atoms with Crippen molar-refractivity contribution in [3.8, 4) is 0 Å². The Morgan fingerprint density at radius 3 is 2.56 bits per heavy atom. The van der Waals surface area contributed by atoms with Crippen LogP contribution in [0.4, 0.5) is 5.82 Å². The maximum atomic E-state index is 4.58. The van der Waals surface area contributed by atoms with E-state index in [0.29, 0.717) is 12.1 Å². The van der Waals surface area contributed by atoms with Gasteiger partial charge in [-0.2, -0.15) is 0 Å². The van der Waals surface area contributed by atoms with Gasteiger partial charge in [0.2, 0.25) is 0 Å². The van der Waals surface area contributed by atoms with Gasteiger partial charge < -0.3 is 10.2 Å². The molecule has 0 fully saturated rings. The van der Waals surface area contributed by atoms with Crippen LogP contribution in [0.25, 0.3) is 0 Å². The molecule has 1 aromatic rings. The quantitative estimate of drug-likeness (QED) is 0.804. The molecule has 0 aliphatic carbocycles. The lowest BCUT2D eigenvalue weighted by molar-refractivity contribution is 0.582. The Morgan fingerprint density at radius 2 is 2.00 bits per heavy atom. The zero-order chi connectivity index (χ0) is 13.5. The predicted molar refractivity (Wildman–Crippen MR) is 79.0 cm³/mol. The van der Waals surface area contributed by atoms with Crippen LogP contribution in [0, 0.1) is 0 Å². The number of nitrogens with zero attached hydrogens (tertiary/aromatic N) is 2. The van der Waals surface area contributed by atoms with Crippen molar-refractivity contribution in [3.63, 3.8) is 0 Å². The number of aromatic nitrogens is 1. The fourth-order valence-corrected chi connectivity index (χ4v) is 1.99. The Bertz CT molecular complexity index is 347. The minimum Gasteiger partial charge on any atom is -0.354 e. The van der Waals surface area contributed by atoms with Crippen molar-refractivity contribution in [3.05, 3.63) is 23.9 Å². The Labute approximate surface area is 112 Å². The van der Waals surface area contributed by atoms with Gasteiger partial charge in [-0.05, 0) is 26.3 Å². The normalized spacial score (nSPS) is 11.3. The molecular formula is C15H27N3. The Kier molecular flexibility index (Phi) is 6.13. The molecule has 0 saturated heterocycles. The van der Waals surface area contributed by atoms with Gasteiger partial charge in [0.25, 0.3) is 0 Å². The summed E-state index contributed by atoms with van der Waals surface area (Å²) < 4.78 is 0. The Morgan fingerprint density at radius 1 is 1.28 bits per heavy atom. The molecule has 0 unspecified atom stereocenters. The number of pyridine rings is 1. The average Bonchev–Trinajstić information content (AvgIpc) is 2.33. The van der Waals surface area contributed by atoms with E-state index in [1.165, 1.54) is 5.56 Å². The molecule has 0 aliphatic heterocycles. The van der Waals surface area contributed by atoms with Crippen molar-refractivity contribution >= 4 is 5.82 Å². The van der Waals surface area contributed by atoms with Crippen LogP contribution < -0.4 is 10.2 Å². The third-order valence-electron chi connectivity index (χ3n) is 2.93. The maximum absolute atomic E-state index is 4.58. The molecule has 102 valence electrons. The molecular weight excluding hydrogens is 222 g/mol. The summed E-state index contributed by atoms with van der Waals surface area (Å²) in [6.07, 6.45) is 3.03. The lowest BCUT2D eigenvalue weighted by atomic mass is 10.2. The predicted octanol–water partition coefficient (Wildman–Crippen LogP) is 3.20. The number of rotatable bonds is 7. The van der Waals surface area contributed by atoms with Gasteiger partial charge in [-0.15, -0.1) is 0 Å². The van der Waals surface area contributed by atoms with Crippen molar-refractivity contribution in [1.29, 1.82) is 0 Å². The molecule has 1 heterocycles. The molecule has 3 heteroatoms. The molecule has 0 spiro atoms. The van der Waals surface area contributed by atoms with Gasteiger partial charge in [-0.25, -0.2) is 4.98 Å².